The smallest absolute Gasteiger partial charge is 0.411 e. The monoisotopic (exact) mass is 960 g/mol. The number of unbranched alkanes of at least 4 members (excludes halogenated alkanes) is 2. The molecule has 2 aliphatic heterocycles. The first-order chi connectivity index (χ1) is 32.7. The molecule has 18 heteroatoms. The van der Waals surface area contributed by atoms with Crippen molar-refractivity contribution < 1.29 is 57.8 Å². The fraction of sp³-hybridized carbons (Fsp3) is 0.429. The highest BCUT2D eigenvalue weighted by molar-refractivity contribution is 7.99. The molecule has 0 bridgehead atoms. The third-order valence-electron chi connectivity index (χ3n) is 11.2. The Labute approximate surface area is 399 Å². The predicted octanol–water partition coefficient (Wildman–Crippen LogP) is 8.21. The summed E-state index contributed by atoms with van der Waals surface area (Å²) in [5, 5.41) is 25.4. The van der Waals surface area contributed by atoms with E-state index >= 15 is 0 Å². The third kappa shape index (κ3) is 14.6. The maximum atomic E-state index is 13.9. The molecule has 16 nitrogen and oxygen atoms in total. The van der Waals surface area contributed by atoms with Crippen LogP contribution in [-0.4, -0.2) is 135 Å². The van der Waals surface area contributed by atoms with Crippen molar-refractivity contribution in [3.05, 3.63) is 96.1 Å². The van der Waals surface area contributed by atoms with Gasteiger partial charge in [-0.1, -0.05) is 36.4 Å². The Bertz CT molecular complexity index is 2080. The van der Waals surface area contributed by atoms with Crippen LogP contribution in [0.15, 0.2) is 94.7 Å². The second kappa shape index (κ2) is 26.5. The van der Waals surface area contributed by atoms with E-state index in [1.54, 1.807) is 45.5 Å². The number of carbonyl (C=O) groups excluding carboxylic acids is 4. The average Bonchev–Trinajstić information content (AvgIpc) is 4.05. The maximum absolute atomic E-state index is 13.9. The Kier molecular flexibility index (Phi) is 20.0. The highest BCUT2D eigenvalue weighted by Crippen LogP contribution is 2.37. The first-order valence-corrected chi connectivity index (χ1v) is 24.5. The number of amides is 4. The summed E-state index contributed by atoms with van der Waals surface area (Å²) in [6.07, 6.45) is 3.29. The molecular weight excluding hydrogens is 901 g/mol. The summed E-state index contributed by atoms with van der Waals surface area (Å²) in [6, 6.07) is 25.1. The second-order valence-electron chi connectivity index (χ2n) is 15.7. The van der Waals surface area contributed by atoms with E-state index in [-0.39, 0.29) is 86.0 Å². The van der Waals surface area contributed by atoms with Gasteiger partial charge in [0.05, 0.1) is 75.2 Å². The molecule has 360 valence electrons. The number of thioether (sulfide) groups is 2. The number of likely N-dealkylation sites (tertiary alicyclic amines) is 2. The summed E-state index contributed by atoms with van der Waals surface area (Å²) in [5.41, 5.74) is 0.753. The van der Waals surface area contributed by atoms with Crippen molar-refractivity contribution in [2.75, 3.05) is 89.1 Å². The molecule has 2 saturated heterocycles. The molecule has 0 aliphatic carbocycles. The summed E-state index contributed by atoms with van der Waals surface area (Å²) >= 11 is 3.11. The Morgan fingerprint density at radius 2 is 1.00 bits per heavy atom. The van der Waals surface area contributed by atoms with Gasteiger partial charge in [-0.05, 0) is 81.3 Å². The lowest BCUT2D eigenvalue weighted by atomic mass is 10.1. The maximum Gasteiger partial charge on any atom is 0.411 e. The second-order valence-corrected chi connectivity index (χ2v) is 18.0. The number of rotatable bonds is 24. The van der Waals surface area contributed by atoms with E-state index in [1.165, 1.54) is 26.4 Å². The first kappa shape index (κ1) is 50.6. The van der Waals surface area contributed by atoms with E-state index in [0.717, 1.165) is 22.6 Å². The molecule has 4 N–H and O–H groups in total. The zero-order valence-corrected chi connectivity index (χ0v) is 39.6. The van der Waals surface area contributed by atoms with Gasteiger partial charge in [0.15, 0.2) is 23.0 Å². The van der Waals surface area contributed by atoms with Crippen LogP contribution in [0.4, 0.5) is 21.0 Å². The number of aliphatic hydroxyl groups is 2. The number of ether oxygens (including phenoxy) is 6. The quantitative estimate of drug-likeness (QED) is 0.0388. The minimum Gasteiger partial charge on any atom is -0.493 e. The molecule has 0 spiro atoms. The third-order valence-corrected chi connectivity index (χ3v) is 13.2. The van der Waals surface area contributed by atoms with Crippen molar-refractivity contribution in [2.24, 2.45) is 0 Å². The van der Waals surface area contributed by atoms with E-state index < -0.39 is 12.2 Å². The SMILES string of the molecule is COc1cc(C(=O)N2CCC[C@H]2CO)c(NC(=O)OCCSc2ccccc2)cc1OCCCCCOc1cc(NC(=O)OCCSc2ccccc2)c(C(=O)N2CCC[C@H]2CO)cc1OC. The highest BCUT2D eigenvalue weighted by Gasteiger charge is 2.33. The molecule has 6 rings (SSSR count). The molecular formula is C49H60N4O12S2. The van der Waals surface area contributed by atoms with E-state index in [4.69, 9.17) is 28.4 Å². The molecule has 2 fully saturated rings. The summed E-state index contributed by atoms with van der Waals surface area (Å²) < 4.78 is 34.5. The number of anilines is 2. The normalized spacial score (nSPS) is 15.5. The van der Waals surface area contributed by atoms with Crippen molar-refractivity contribution in [3.8, 4) is 23.0 Å². The predicted molar refractivity (Wildman–Crippen MR) is 257 cm³/mol. The Hall–Kier alpha value is -5.82. The molecule has 0 aromatic heterocycles. The van der Waals surface area contributed by atoms with Gasteiger partial charge in [-0.2, -0.15) is 0 Å². The summed E-state index contributed by atoms with van der Waals surface area (Å²) in [4.78, 5) is 59.1. The lowest BCUT2D eigenvalue weighted by Crippen LogP contribution is -2.38. The van der Waals surface area contributed by atoms with Gasteiger partial charge in [-0.3, -0.25) is 20.2 Å². The number of aliphatic hydroxyl groups excluding tert-OH is 2. The number of nitrogens with zero attached hydrogens (tertiary/aromatic N) is 2. The van der Waals surface area contributed by atoms with Gasteiger partial charge >= 0.3 is 12.2 Å². The van der Waals surface area contributed by atoms with Crippen LogP contribution < -0.4 is 29.6 Å². The topological polar surface area (TPSA) is 195 Å². The summed E-state index contributed by atoms with van der Waals surface area (Å²) in [7, 11) is 2.94. The van der Waals surface area contributed by atoms with Crippen molar-refractivity contribution in [3.63, 3.8) is 0 Å². The van der Waals surface area contributed by atoms with Gasteiger partial charge < -0.3 is 48.4 Å². The average molecular weight is 961 g/mol. The van der Waals surface area contributed by atoms with Crippen LogP contribution in [0.1, 0.15) is 65.7 Å². The van der Waals surface area contributed by atoms with Crippen LogP contribution in [0.5, 0.6) is 23.0 Å². The molecule has 67 heavy (non-hydrogen) atoms. The first-order valence-electron chi connectivity index (χ1n) is 22.5. The number of carbonyl (C=O) groups is 4. The van der Waals surface area contributed by atoms with Gasteiger partial charge in [-0.25, -0.2) is 9.59 Å². The van der Waals surface area contributed by atoms with E-state index in [2.05, 4.69) is 10.6 Å². The molecule has 0 radical (unpaired) electrons. The van der Waals surface area contributed by atoms with Gasteiger partial charge in [0, 0.05) is 46.5 Å². The number of nitrogens with one attached hydrogen (secondary N) is 2. The molecule has 4 aromatic rings. The van der Waals surface area contributed by atoms with Crippen molar-refractivity contribution in [1.82, 2.24) is 9.80 Å². The van der Waals surface area contributed by atoms with E-state index in [1.807, 2.05) is 60.7 Å². The molecule has 2 atom stereocenters. The molecule has 0 saturated carbocycles. The minimum atomic E-state index is -0.727. The Morgan fingerprint density at radius 1 is 0.582 bits per heavy atom. The number of hydrogen-bond acceptors (Lipinski definition) is 14. The fourth-order valence-corrected chi connectivity index (χ4v) is 9.28. The van der Waals surface area contributed by atoms with Crippen LogP contribution in [-0.2, 0) is 9.47 Å². The van der Waals surface area contributed by atoms with Crippen LogP contribution in [0, 0.1) is 0 Å². The molecule has 4 aromatic carbocycles. The largest absolute Gasteiger partial charge is 0.493 e. The van der Waals surface area contributed by atoms with Crippen LogP contribution in [0.25, 0.3) is 0 Å². The van der Waals surface area contributed by atoms with Gasteiger partial charge in [0.1, 0.15) is 13.2 Å². The standard InChI is InChI=1S/C49H60N4O12S2/c1-60-42-28-38(46(56)52-20-12-14-34(52)32-54)40(50-48(58)64-24-26-66-36-16-6-3-7-17-36)30-44(42)62-22-10-5-11-23-63-45-31-41(51-49(59)65-25-27-67-37-18-8-4-9-19-37)39(29-43(45)61-2)47(57)53-21-13-15-35(53)33-55/h3-4,6-9,16-19,28-31,34-35,54-55H,5,10-15,20-27,32-33H2,1-2H3,(H,50,58)(H,51,59)/t34-,35-/m0/s1. The lowest BCUT2D eigenvalue weighted by molar-refractivity contribution is 0.0672. The molecule has 4 amide bonds. The fourth-order valence-electron chi connectivity index (χ4n) is 7.78. The Balaban J connectivity index is 1.06. The molecule has 2 heterocycles. The minimum absolute atomic E-state index is 0.140. The lowest BCUT2D eigenvalue weighted by Gasteiger charge is -2.25. The van der Waals surface area contributed by atoms with Gasteiger partial charge in [0.25, 0.3) is 11.8 Å². The number of hydrogen-bond donors (Lipinski definition) is 4. The van der Waals surface area contributed by atoms with Crippen LogP contribution >= 0.6 is 23.5 Å². The zero-order valence-electron chi connectivity index (χ0n) is 37.9. The van der Waals surface area contributed by atoms with Crippen LogP contribution in [0.3, 0.4) is 0 Å². The van der Waals surface area contributed by atoms with Crippen molar-refractivity contribution in [1.29, 1.82) is 0 Å². The summed E-state index contributed by atoms with van der Waals surface area (Å²) in [5.74, 6) is 1.60. The van der Waals surface area contributed by atoms with Gasteiger partial charge in [0.2, 0.25) is 0 Å². The molecule has 2 aliphatic rings. The number of methoxy groups -OCH3 is 2. The number of benzene rings is 4. The summed E-state index contributed by atoms with van der Waals surface area (Å²) in [6.45, 7) is 1.42. The zero-order chi connectivity index (χ0) is 47.4. The van der Waals surface area contributed by atoms with Crippen molar-refractivity contribution >= 4 is 58.9 Å². The highest BCUT2D eigenvalue weighted by atomic mass is 32.2. The van der Waals surface area contributed by atoms with Crippen LogP contribution in [0.2, 0.25) is 0 Å². The van der Waals surface area contributed by atoms with E-state index in [0.29, 0.717) is 79.7 Å². The van der Waals surface area contributed by atoms with Gasteiger partial charge in [-0.15, -0.1) is 23.5 Å². The van der Waals surface area contributed by atoms with Crippen molar-refractivity contribution in [2.45, 2.75) is 66.8 Å². The molecule has 0 unspecified atom stereocenters. The van der Waals surface area contributed by atoms with E-state index in [9.17, 15) is 29.4 Å². The Morgan fingerprint density at radius 3 is 1.39 bits per heavy atom.